The fraction of sp³-hybridized carbons (Fsp3) is 0.391. The molecule has 0 aromatic heterocycles. The maximum atomic E-state index is 12.0. The van der Waals surface area contributed by atoms with Crippen molar-refractivity contribution in [1.82, 2.24) is 15.5 Å². The minimum absolute atomic E-state index is 0.00717. The first kappa shape index (κ1) is 21.6. The van der Waals surface area contributed by atoms with E-state index in [9.17, 15) is 9.59 Å². The summed E-state index contributed by atoms with van der Waals surface area (Å²) in [4.78, 5) is 30.4. The number of hydrogen-bond acceptors (Lipinski definition) is 5. The van der Waals surface area contributed by atoms with Crippen LogP contribution in [0.4, 0.5) is 11.4 Å². The van der Waals surface area contributed by atoms with Gasteiger partial charge in [-0.05, 0) is 29.8 Å². The number of nitrogens with zero attached hydrogens (tertiary/aromatic N) is 3. The van der Waals surface area contributed by atoms with Gasteiger partial charge in [0.2, 0.25) is 0 Å². The highest BCUT2D eigenvalue weighted by Crippen LogP contribution is 2.25. The van der Waals surface area contributed by atoms with E-state index < -0.39 is 11.8 Å². The van der Waals surface area contributed by atoms with E-state index in [-0.39, 0.29) is 6.04 Å². The summed E-state index contributed by atoms with van der Waals surface area (Å²) in [7, 11) is 5.49. The molecule has 2 aromatic carbocycles. The Morgan fingerprint density at radius 2 is 1.57 bits per heavy atom. The maximum absolute atomic E-state index is 12.0. The van der Waals surface area contributed by atoms with Crippen LogP contribution in [-0.4, -0.2) is 70.6 Å². The van der Waals surface area contributed by atoms with E-state index in [4.69, 9.17) is 0 Å². The zero-order chi connectivity index (χ0) is 21.5. The predicted octanol–water partition coefficient (Wildman–Crippen LogP) is 1.48. The van der Waals surface area contributed by atoms with Crippen molar-refractivity contribution in [2.24, 2.45) is 0 Å². The zero-order valence-corrected chi connectivity index (χ0v) is 18.0. The molecule has 1 unspecified atom stereocenters. The van der Waals surface area contributed by atoms with Gasteiger partial charge in [0.1, 0.15) is 0 Å². The summed E-state index contributed by atoms with van der Waals surface area (Å²) in [5.74, 6) is -1.22. The van der Waals surface area contributed by atoms with Crippen molar-refractivity contribution in [2.45, 2.75) is 6.04 Å². The molecule has 1 atom stereocenters. The van der Waals surface area contributed by atoms with Crippen LogP contribution in [0.25, 0.3) is 0 Å². The SMILES string of the molecule is CNC(=O)C(=O)NCC(c1ccc(N(C)C)cc1)N1CCN(c2ccccc2)CC1. The molecule has 1 fully saturated rings. The van der Waals surface area contributed by atoms with Crippen LogP contribution in [-0.2, 0) is 9.59 Å². The van der Waals surface area contributed by atoms with Gasteiger partial charge in [-0.2, -0.15) is 0 Å². The number of hydrogen-bond donors (Lipinski definition) is 2. The number of carbonyl (C=O) groups excluding carboxylic acids is 2. The number of piperazine rings is 1. The summed E-state index contributed by atoms with van der Waals surface area (Å²) < 4.78 is 0. The van der Waals surface area contributed by atoms with Crippen molar-refractivity contribution >= 4 is 23.2 Å². The van der Waals surface area contributed by atoms with Gasteiger partial charge in [-0.25, -0.2) is 0 Å². The third-order valence-corrected chi connectivity index (χ3v) is 5.56. The highest BCUT2D eigenvalue weighted by atomic mass is 16.2. The number of likely N-dealkylation sites (N-methyl/N-ethyl adjacent to an activating group) is 1. The topological polar surface area (TPSA) is 67.9 Å². The molecule has 0 bridgehead atoms. The Morgan fingerprint density at radius 3 is 2.13 bits per heavy atom. The van der Waals surface area contributed by atoms with E-state index in [2.05, 4.69) is 73.9 Å². The Labute approximate surface area is 178 Å². The van der Waals surface area contributed by atoms with E-state index in [1.807, 2.05) is 20.2 Å². The fourth-order valence-corrected chi connectivity index (χ4v) is 3.77. The molecule has 1 saturated heterocycles. The Kier molecular flexibility index (Phi) is 7.30. The van der Waals surface area contributed by atoms with Crippen LogP contribution in [0, 0.1) is 0 Å². The number of carbonyl (C=O) groups is 2. The van der Waals surface area contributed by atoms with E-state index in [1.165, 1.54) is 12.7 Å². The van der Waals surface area contributed by atoms with Crippen molar-refractivity contribution in [3.63, 3.8) is 0 Å². The highest BCUT2D eigenvalue weighted by Gasteiger charge is 2.26. The number of rotatable bonds is 6. The summed E-state index contributed by atoms with van der Waals surface area (Å²) in [6.07, 6.45) is 0. The Morgan fingerprint density at radius 1 is 0.933 bits per heavy atom. The summed E-state index contributed by atoms with van der Waals surface area (Å²) in [6.45, 7) is 3.98. The summed E-state index contributed by atoms with van der Waals surface area (Å²) in [6, 6.07) is 18.8. The molecule has 30 heavy (non-hydrogen) atoms. The van der Waals surface area contributed by atoms with Gasteiger partial charge in [0.15, 0.2) is 0 Å². The third kappa shape index (κ3) is 5.30. The second kappa shape index (κ2) is 10.1. The third-order valence-electron chi connectivity index (χ3n) is 5.56. The molecule has 160 valence electrons. The first-order chi connectivity index (χ1) is 14.5. The van der Waals surface area contributed by atoms with Crippen molar-refractivity contribution in [2.75, 3.05) is 63.7 Å². The predicted molar refractivity (Wildman–Crippen MR) is 121 cm³/mol. The van der Waals surface area contributed by atoms with Gasteiger partial charge in [0.25, 0.3) is 0 Å². The number of para-hydroxylation sites is 1. The number of anilines is 2. The van der Waals surface area contributed by atoms with Crippen LogP contribution in [0.1, 0.15) is 11.6 Å². The van der Waals surface area contributed by atoms with Crippen LogP contribution < -0.4 is 20.4 Å². The molecular weight excluding hydrogens is 378 g/mol. The lowest BCUT2D eigenvalue weighted by atomic mass is 10.0. The smallest absolute Gasteiger partial charge is 0.309 e. The quantitative estimate of drug-likeness (QED) is 0.708. The molecule has 0 spiro atoms. The molecule has 3 rings (SSSR count). The molecule has 2 N–H and O–H groups in total. The molecule has 2 aromatic rings. The summed E-state index contributed by atoms with van der Waals surface area (Å²) >= 11 is 0. The average Bonchev–Trinajstić information content (AvgIpc) is 2.79. The molecule has 0 aliphatic carbocycles. The number of amides is 2. The van der Waals surface area contributed by atoms with Gasteiger partial charge >= 0.3 is 11.8 Å². The Balaban J connectivity index is 1.72. The van der Waals surface area contributed by atoms with Gasteiger partial charge < -0.3 is 20.4 Å². The van der Waals surface area contributed by atoms with E-state index in [0.717, 1.165) is 37.4 Å². The van der Waals surface area contributed by atoms with Crippen LogP contribution in [0.5, 0.6) is 0 Å². The molecule has 7 nitrogen and oxygen atoms in total. The monoisotopic (exact) mass is 409 g/mol. The lowest BCUT2D eigenvalue weighted by molar-refractivity contribution is -0.139. The second-order valence-electron chi connectivity index (χ2n) is 7.65. The summed E-state index contributed by atoms with van der Waals surface area (Å²) in [5, 5.41) is 5.17. The molecule has 1 aliphatic rings. The summed E-state index contributed by atoms with van der Waals surface area (Å²) in [5.41, 5.74) is 3.49. The maximum Gasteiger partial charge on any atom is 0.309 e. The highest BCUT2D eigenvalue weighted by molar-refractivity contribution is 6.35. The Bertz CT molecular complexity index is 830. The van der Waals surface area contributed by atoms with Crippen LogP contribution in [0.3, 0.4) is 0 Å². The van der Waals surface area contributed by atoms with Gasteiger partial charge in [0.05, 0.1) is 6.04 Å². The zero-order valence-electron chi connectivity index (χ0n) is 18.0. The van der Waals surface area contributed by atoms with Gasteiger partial charge in [-0.1, -0.05) is 30.3 Å². The minimum Gasteiger partial charge on any atom is -0.378 e. The normalized spacial score (nSPS) is 15.4. The van der Waals surface area contributed by atoms with Gasteiger partial charge in [-0.3, -0.25) is 14.5 Å². The molecule has 2 amide bonds. The van der Waals surface area contributed by atoms with Crippen LogP contribution in [0.2, 0.25) is 0 Å². The number of nitrogens with one attached hydrogen (secondary N) is 2. The molecule has 7 heteroatoms. The molecule has 1 aliphatic heterocycles. The minimum atomic E-state index is -0.620. The van der Waals surface area contributed by atoms with Crippen molar-refractivity contribution < 1.29 is 9.59 Å². The largest absolute Gasteiger partial charge is 0.378 e. The van der Waals surface area contributed by atoms with Crippen molar-refractivity contribution in [1.29, 1.82) is 0 Å². The fourth-order valence-electron chi connectivity index (χ4n) is 3.77. The lowest BCUT2D eigenvalue weighted by Crippen LogP contribution is -2.50. The van der Waals surface area contributed by atoms with Crippen molar-refractivity contribution in [3.8, 4) is 0 Å². The Hall–Kier alpha value is -3.06. The number of benzene rings is 2. The van der Waals surface area contributed by atoms with Crippen LogP contribution in [0.15, 0.2) is 54.6 Å². The van der Waals surface area contributed by atoms with Gasteiger partial charge in [0, 0.05) is 65.2 Å². The first-order valence-electron chi connectivity index (χ1n) is 10.3. The molecular formula is C23H31N5O2. The van der Waals surface area contributed by atoms with Crippen LogP contribution >= 0.6 is 0 Å². The lowest BCUT2D eigenvalue weighted by Gasteiger charge is -2.40. The average molecular weight is 410 g/mol. The van der Waals surface area contributed by atoms with E-state index in [1.54, 1.807) is 0 Å². The molecule has 0 saturated carbocycles. The van der Waals surface area contributed by atoms with E-state index >= 15 is 0 Å². The second-order valence-corrected chi connectivity index (χ2v) is 7.65. The standard InChI is InChI=1S/C23H31N5O2/c1-24-22(29)23(30)25-17-21(18-9-11-19(12-10-18)26(2)3)28-15-13-27(14-16-28)20-7-5-4-6-8-20/h4-12,21H,13-17H2,1-3H3,(H,24,29)(H,25,30). The van der Waals surface area contributed by atoms with Crippen molar-refractivity contribution in [3.05, 3.63) is 60.2 Å². The van der Waals surface area contributed by atoms with Gasteiger partial charge in [-0.15, -0.1) is 0 Å². The molecule has 0 radical (unpaired) electrons. The van der Waals surface area contributed by atoms with E-state index in [0.29, 0.717) is 6.54 Å². The molecule has 1 heterocycles. The first-order valence-corrected chi connectivity index (χ1v) is 10.3.